The van der Waals surface area contributed by atoms with E-state index in [0.29, 0.717) is 0 Å². The molecule has 104 valence electrons. The predicted molar refractivity (Wildman–Crippen MR) is 83.4 cm³/mol. The first-order chi connectivity index (χ1) is 8.72. The summed E-state index contributed by atoms with van der Waals surface area (Å²) in [5, 5.41) is 0. The molecule has 0 aliphatic carbocycles. The highest BCUT2D eigenvalue weighted by Crippen LogP contribution is 2.18. The normalized spacial score (nSPS) is 15.3. The standard InChI is InChI=1S/C15H20N2O.BrH/c1-3-7-14(17-11-10-16(2)12-17)15(18)13-8-5-4-6-9-13;/h4-6,8-11,14H,3,7,12H2,1-2H3;1H. The number of hydrogen-bond acceptors (Lipinski definition) is 3. The maximum Gasteiger partial charge on any atom is 0.185 e. The SMILES string of the molecule is Br.CCCC(C(=O)c1ccccc1)N1C=CN(C)C1. The largest absolute Gasteiger partial charge is 0.362 e. The zero-order valence-corrected chi connectivity index (χ0v) is 13.2. The van der Waals surface area contributed by atoms with Gasteiger partial charge < -0.3 is 9.80 Å². The molecule has 0 fully saturated rings. The molecule has 1 aromatic rings. The average Bonchev–Trinajstić information content (AvgIpc) is 2.82. The van der Waals surface area contributed by atoms with E-state index in [4.69, 9.17) is 0 Å². The monoisotopic (exact) mass is 324 g/mol. The van der Waals surface area contributed by atoms with E-state index in [0.717, 1.165) is 25.1 Å². The Labute approximate surface area is 125 Å². The van der Waals surface area contributed by atoms with E-state index in [9.17, 15) is 4.79 Å². The average molecular weight is 325 g/mol. The highest BCUT2D eigenvalue weighted by atomic mass is 79.9. The van der Waals surface area contributed by atoms with Crippen molar-refractivity contribution in [1.82, 2.24) is 9.80 Å². The smallest absolute Gasteiger partial charge is 0.185 e. The molecule has 2 rings (SSSR count). The third-order valence-electron chi connectivity index (χ3n) is 3.22. The van der Waals surface area contributed by atoms with Crippen LogP contribution in [0.4, 0.5) is 0 Å². The van der Waals surface area contributed by atoms with Crippen LogP contribution in [0.1, 0.15) is 30.1 Å². The Morgan fingerprint density at radius 1 is 1.26 bits per heavy atom. The first-order valence-corrected chi connectivity index (χ1v) is 6.46. The first-order valence-electron chi connectivity index (χ1n) is 6.46. The molecule has 0 radical (unpaired) electrons. The molecule has 4 heteroatoms. The fourth-order valence-electron chi connectivity index (χ4n) is 2.27. The molecular weight excluding hydrogens is 304 g/mol. The lowest BCUT2D eigenvalue weighted by Crippen LogP contribution is -2.39. The van der Waals surface area contributed by atoms with Crippen molar-refractivity contribution in [1.29, 1.82) is 0 Å². The van der Waals surface area contributed by atoms with Gasteiger partial charge in [-0.2, -0.15) is 0 Å². The number of hydrogen-bond donors (Lipinski definition) is 0. The molecule has 0 amide bonds. The number of rotatable bonds is 5. The molecule has 0 aromatic heterocycles. The van der Waals surface area contributed by atoms with Gasteiger partial charge in [0.2, 0.25) is 0 Å². The van der Waals surface area contributed by atoms with Gasteiger partial charge in [-0.25, -0.2) is 0 Å². The minimum atomic E-state index is -0.0430. The van der Waals surface area contributed by atoms with Gasteiger partial charge in [0, 0.05) is 25.0 Å². The molecular formula is C15H21BrN2O. The number of carbonyl (C=O) groups excluding carboxylic acids is 1. The molecule has 1 atom stereocenters. The summed E-state index contributed by atoms with van der Waals surface area (Å²) in [4.78, 5) is 16.7. The van der Waals surface area contributed by atoms with Crippen molar-refractivity contribution in [3.05, 3.63) is 48.3 Å². The topological polar surface area (TPSA) is 23.6 Å². The lowest BCUT2D eigenvalue weighted by Gasteiger charge is -2.27. The van der Waals surface area contributed by atoms with Crippen LogP contribution in [-0.2, 0) is 0 Å². The molecule has 3 nitrogen and oxygen atoms in total. The van der Waals surface area contributed by atoms with Gasteiger partial charge in [0.05, 0.1) is 12.7 Å². The van der Waals surface area contributed by atoms with Gasteiger partial charge in [0.15, 0.2) is 5.78 Å². The van der Waals surface area contributed by atoms with Crippen LogP contribution in [0.15, 0.2) is 42.7 Å². The summed E-state index contributed by atoms with van der Waals surface area (Å²) in [6.07, 6.45) is 5.94. The molecule has 0 saturated carbocycles. The maximum absolute atomic E-state index is 12.5. The van der Waals surface area contributed by atoms with Crippen molar-refractivity contribution in [3.63, 3.8) is 0 Å². The van der Waals surface area contributed by atoms with Gasteiger partial charge in [-0.15, -0.1) is 17.0 Å². The fraction of sp³-hybridized carbons (Fsp3) is 0.400. The Morgan fingerprint density at radius 3 is 2.47 bits per heavy atom. The van der Waals surface area contributed by atoms with E-state index in [2.05, 4.69) is 16.7 Å². The third-order valence-corrected chi connectivity index (χ3v) is 3.22. The number of Topliss-reactive ketones (excluding diaryl/α,β-unsaturated/α-hetero) is 1. The molecule has 1 aliphatic heterocycles. The van der Waals surface area contributed by atoms with E-state index in [-0.39, 0.29) is 28.8 Å². The highest BCUT2D eigenvalue weighted by molar-refractivity contribution is 8.93. The van der Waals surface area contributed by atoms with Gasteiger partial charge in [-0.1, -0.05) is 43.7 Å². The second-order valence-corrected chi connectivity index (χ2v) is 4.75. The van der Waals surface area contributed by atoms with E-state index in [1.807, 2.05) is 49.8 Å². The van der Waals surface area contributed by atoms with Crippen molar-refractivity contribution in [2.45, 2.75) is 25.8 Å². The van der Waals surface area contributed by atoms with Gasteiger partial charge in [0.1, 0.15) is 0 Å². The van der Waals surface area contributed by atoms with E-state index in [1.54, 1.807) is 0 Å². The summed E-state index contributed by atoms with van der Waals surface area (Å²) in [5.41, 5.74) is 0.805. The lowest BCUT2D eigenvalue weighted by atomic mass is 9.99. The summed E-state index contributed by atoms with van der Waals surface area (Å²) >= 11 is 0. The number of nitrogens with zero attached hydrogens (tertiary/aromatic N) is 2. The van der Waals surface area contributed by atoms with Gasteiger partial charge in [-0.3, -0.25) is 4.79 Å². The van der Waals surface area contributed by atoms with E-state index < -0.39 is 0 Å². The minimum Gasteiger partial charge on any atom is -0.362 e. The Morgan fingerprint density at radius 2 is 1.95 bits per heavy atom. The van der Waals surface area contributed by atoms with Crippen LogP contribution in [0.3, 0.4) is 0 Å². The zero-order chi connectivity index (χ0) is 13.0. The number of carbonyl (C=O) groups is 1. The number of benzene rings is 1. The summed E-state index contributed by atoms with van der Waals surface area (Å²) in [6, 6.07) is 9.53. The molecule has 1 aliphatic rings. The molecule has 1 aromatic carbocycles. The van der Waals surface area contributed by atoms with Crippen LogP contribution < -0.4 is 0 Å². The van der Waals surface area contributed by atoms with Crippen molar-refractivity contribution in [2.24, 2.45) is 0 Å². The Kier molecular flexibility index (Phi) is 6.09. The van der Waals surface area contributed by atoms with Crippen LogP contribution in [0, 0.1) is 0 Å². The zero-order valence-electron chi connectivity index (χ0n) is 11.5. The second kappa shape index (κ2) is 7.34. The summed E-state index contributed by atoms with van der Waals surface area (Å²) in [5.74, 6) is 0.220. The van der Waals surface area contributed by atoms with Crippen LogP contribution in [0.2, 0.25) is 0 Å². The molecule has 1 unspecified atom stereocenters. The minimum absolute atomic E-state index is 0. The number of ketones is 1. The molecule has 19 heavy (non-hydrogen) atoms. The van der Waals surface area contributed by atoms with E-state index >= 15 is 0 Å². The van der Waals surface area contributed by atoms with Crippen LogP contribution in [0.25, 0.3) is 0 Å². The van der Waals surface area contributed by atoms with Crippen molar-refractivity contribution >= 4 is 22.8 Å². The summed E-state index contributed by atoms with van der Waals surface area (Å²) in [7, 11) is 2.02. The van der Waals surface area contributed by atoms with Gasteiger partial charge in [-0.05, 0) is 6.42 Å². The number of halogens is 1. The predicted octanol–water partition coefficient (Wildman–Crippen LogP) is 3.29. The van der Waals surface area contributed by atoms with Crippen molar-refractivity contribution < 1.29 is 4.79 Å². The molecule has 0 spiro atoms. The fourth-order valence-corrected chi connectivity index (χ4v) is 2.27. The van der Waals surface area contributed by atoms with Crippen LogP contribution >= 0.6 is 17.0 Å². The summed E-state index contributed by atoms with van der Waals surface area (Å²) in [6.45, 7) is 2.91. The Balaban J connectivity index is 0.00000180. The van der Waals surface area contributed by atoms with Crippen LogP contribution in [0.5, 0.6) is 0 Å². The molecule has 1 heterocycles. The first kappa shape index (κ1) is 15.8. The summed E-state index contributed by atoms with van der Waals surface area (Å²) < 4.78 is 0. The van der Waals surface area contributed by atoms with Gasteiger partial charge in [0.25, 0.3) is 0 Å². The Hall–Kier alpha value is -1.29. The maximum atomic E-state index is 12.5. The quantitative estimate of drug-likeness (QED) is 0.776. The van der Waals surface area contributed by atoms with E-state index in [1.165, 1.54) is 0 Å². The van der Waals surface area contributed by atoms with Crippen molar-refractivity contribution in [3.8, 4) is 0 Å². The molecule has 0 N–H and O–H groups in total. The highest BCUT2D eigenvalue weighted by Gasteiger charge is 2.26. The molecule has 0 saturated heterocycles. The van der Waals surface area contributed by atoms with Crippen LogP contribution in [-0.4, -0.2) is 35.3 Å². The third kappa shape index (κ3) is 3.83. The second-order valence-electron chi connectivity index (χ2n) is 4.75. The molecule has 0 bridgehead atoms. The lowest BCUT2D eigenvalue weighted by molar-refractivity contribution is 0.0845. The van der Waals surface area contributed by atoms with Crippen molar-refractivity contribution in [2.75, 3.05) is 13.7 Å². The Bertz CT molecular complexity index is 433. The van der Waals surface area contributed by atoms with Gasteiger partial charge >= 0.3 is 0 Å².